The highest BCUT2D eigenvalue weighted by Gasteiger charge is 2.61. The molecule has 4 aliphatic rings. The topological polar surface area (TPSA) is 105 Å². The van der Waals surface area contributed by atoms with Gasteiger partial charge in [0, 0.05) is 82.1 Å². The minimum Gasteiger partial charge on any atom is -0.334 e. The Balaban J connectivity index is 0.000000156. The first-order chi connectivity index (χ1) is 29.6. The number of benzene rings is 6. The molecule has 4 aliphatic heterocycles. The Morgan fingerprint density at radius 1 is 0.557 bits per heavy atom. The molecule has 0 bridgehead atoms. The molecule has 10 nitrogen and oxygen atoms in total. The lowest BCUT2D eigenvalue weighted by Gasteiger charge is -2.40. The number of carbonyl (C=O) groups excluding carboxylic acids is 4. The Hall–Kier alpha value is -6.43. The number of halogens is 2. The van der Waals surface area contributed by atoms with Crippen molar-refractivity contribution < 1.29 is 19.2 Å². The van der Waals surface area contributed by atoms with Crippen molar-refractivity contribution >= 4 is 51.4 Å². The minimum absolute atomic E-state index is 0.0236. The van der Waals surface area contributed by atoms with E-state index in [1.165, 1.54) is 0 Å². The maximum absolute atomic E-state index is 13.4. The number of hydrogen-bond donors (Lipinski definition) is 2. The first kappa shape index (κ1) is 40.0. The number of nitrogens with zero attached hydrogens (tertiary/aromatic N) is 4. The monoisotopic (exact) mass is 892 g/mol. The van der Waals surface area contributed by atoms with Crippen LogP contribution in [0.2, 0.25) is 5.02 Å². The largest absolute Gasteiger partial charge is 0.334 e. The first-order valence-electron chi connectivity index (χ1n) is 20.2. The summed E-state index contributed by atoms with van der Waals surface area (Å²) in [4.78, 5) is 60.5. The summed E-state index contributed by atoms with van der Waals surface area (Å²) >= 11 is 9.57. The summed E-state index contributed by atoms with van der Waals surface area (Å²) in [6.45, 7) is 4.75. The van der Waals surface area contributed by atoms with Crippen LogP contribution in [0.4, 0.5) is 9.59 Å². The highest BCUT2D eigenvalue weighted by Crippen LogP contribution is 2.51. The van der Waals surface area contributed by atoms with Crippen LogP contribution in [-0.4, -0.2) is 69.7 Å². The molecule has 0 radical (unpaired) electrons. The highest BCUT2D eigenvalue weighted by molar-refractivity contribution is 9.10. The van der Waals surface area contributed by atoms with Gasteiger partial charge in [-0.3, -0.25) is 19.4 Å². The molecule has 12 heteroatoms. The van der Waals surface area contributed by atoms with E-state index < -0.39 is 11.3 Å². The lowest BCUT2D eigenvalue weighted by molar-refractivity contribution is 0.0534. The molecule has 306 valence electrons. The average Bonchev–Trinajstić information content (AvgIpc) is 4.02. The summed E-state index contributed by atoms with van der Waals surface area (Å²) < 4.78 is 0.987. The van der Waals surface area contributed by atoms with E-state index in [0.29, 0.717) is 55.4 Å². The van der Waals surface area contributed by atoms with Crippen LogP contribution in [-0.2, 0) is 24.4 Å². The van der Waals surface area contributed by atoms with Crippen molar-refractivity contribution in [2.45, 2.75) is 31.3 Å². The SMILES string of the molecule is Cc1ccc(C23c4ccccc4C(=O)N2CCN3C(=O)NCc2ccccc2)cc1.O=C(NCc1ccc(Br)cc1)N1CCN2C(=O)c3ccccc3C12c1ccc(Cl)cc1. The zero-order valence-corrected chi connectivity index (χ0v) is 35.7. The molecule has 2 N–H and O–H groups in total. The van der Waals surface area contributed by atoms with Crippen molar-refractivity contribution in [1.82, 2.24) is 30.2 Å². The lowest BCUT2D eigenvalue weighted by atomic mass is 9.89. The van der Waals surface area contributed by atoms with Crippen molar-refractivity contribution in [3.05, 3.63) is 211 Å². The normalized spacial score (nSPS) is 19.5. The van der Waals surface area contributed by atoms with Gasteiger partial charge in [0.15, 0.2) is 11.3 Å². The third-order valence-electron chi connectivity index (χ3n) is 12.0. The maximum Gasteiger partial charge on any atom is 0.320 e. The molecule has 6 aromatic carbocycles. The molecule has 0 saturated carbocycles. The summed E-state index contributed by atoms with van der Waals surface area (Å²) in [6, 6.07) is 47.9. The summed E-state index contributed by atoms with van der Waals surface area (Å²) in [6.07, 6.45) is 0. The molecule has 0 aliphatic carbocycles. The summed E-state index contributed by atoms with van der Waals surface area (Å²) in [5.74, 6) is -0.0849. The molecule has 2 saturated heterocycles. The lowest BCUT2D eigenvalue weighted by Crippen LogP contribution is -2.54. The molecule has 2 unspecified atom stereocenters. The minimum atomic E-state index is -0.984. The number of carbonyl (C=O) groups is 4. The van der Waals surface area contributed by atoms with Gasteiger partial charge in [0.25, 0.3) is 11.8 Å². The van der Waals surface area contributed by atoms with Gasteiger partial charge in [0.2, 0.25) is 0 Å². The quantitative estimate of drug-likeness (QED) is 0.174. The molecule has 4 heterocycles. The summed E-state index contributed by atoms with van der Waals surface area (Å²) in [5, 5.41) is 6.69. The predicted octanol–water partition coefficient (Wildman–Crippen LogP) is 8.86. The van der Waals surface area contributed by atoms with Crippen LogP contribution in [0.5, 0.6) is 0 Å². The zero-order chi connectivity index (χ0) is 42.3. The molecule has 6 amide bonds. The van der Waals surface area contributed by atoms with Crippen molar-refractivity contribution in [2.75, 3.05) is 26.2 Å². The molecule has 0 spiro atoms. The molecule has 61 heavy (non-hydrogen) atoms. The first-order valence-corrected chi connectivity index (χ1v) is 21.4. The smallest absolute Gasteiger partial charge is 0.320 e. The van der Waals surface area contributed by atoms with Gasteiger partial charge >= 0.3 is 12.1 Å². The number of hydrogen-bond acceptors (Lipinski definition) is 4. The second-order valence-corrected chi connectivity index (χ2v) is 16.8. The van der Waals surface area contributed by atoms with E-state index in [0.717, 1.165) is 43.4 Å². The fourth-order valence-electron chi connectivity index (χ4n) is 9.30. The van der Waals surface area contributed by atoms with Gasteiger partial charge < -0.3 is 20.4 Å². The van der Waals surface area contributed by atoms with E-state index in [-0.39, 0.29) is 23.9 Å². The van der Waals surface area contributed by atoms with E-state index in [1.807, 2.05) is 156 Å². The van der Waals surface area contributed by atoms with Gasteiger partial charge in [0.05, 0.1) is 0 Å². The number of fused-ring (bicyclic) bond motifs is 6. The second-order valence-electron chi connectivity index (χ2n) is 15.5. The molecule has 0 aromatic heterocycles. The Kier molecular flexibility index (Phi) is 10.6. The van der Waals surface area contributed by atoms with Crippen LogP contribution in [0.1, 0.15) is 59.7 Å². The Morgan fingerprint density at radius 2 is 0.984 bits per heavy atom. The molecule has 2 fully saturated rings. The molecular weight excluding hydrogens is 852 g/mol. The number of urea groups is 2. The van der Waals surface area contributed by atoms with Crippen LogP contribution >= 0.6 is 27.5 Å². The van der Waals surface area contributed by atoms with Crippen LogP contribution in [0.3, 0.4) is 0 Å². The average molecular weight is 894 g/mol. The molecule has 2 atom stereocenters. The number of amides is 6. The summed E-state index contributed by atoms with van der Waals surface area (Å²) in [7, 11) is 0. The van der Waals surface area contributed by atoms with E-state index in [9.17, 15) is 19.2 Å². The van der Waals surface area contributed by atoms with Gasteiger partial charge in [-0.05, 0) is 54.4 Å². The predicted molar refractivity (Wildman–Crippen MR) is 238 cm³/mol. The van der Waals surface area contributed by atoms with Crippen LogP contribution in [0.25, 0.3) is 0 Å². The Bertz CT molecular complexity index is 2650. The van der Waals surface area contributed by atoms with Crippen LogP contribution < -0.4 is 10.6 Å². The third-order valence-corrected chi connectivity index (χ3v) is 12.8. The van der Waals surface area contributed by atoms with Crippen LogP contribution in [0.15, 0.2) is 156 Å². The standard InChI is InChI=1S/C25H23N3O2.C24H19BrClN3O2/c1-18-11-13-20(14-12-18)25-22-10-6-5-9-21(22)23(29)27(25)15-16-28(25)24(30)26-17-19-7-3-2-4-8-19;25-18-9-5-16(6-10-18)15-27-23(31)29-14-13-28-22(30)20-3-1-2-4-21(20)24(28,29)17-7-11-19(26)12-8-17/h2-14H,15-17H2,1H3,(H,26,30);1-12H,13-15H2,(H,27,31). The highest BCUT2D eigenvalue weighted by atomic mass is 79.9. The van der Waals surface area contributed by atoms with Gasteiger partial charge in [0.1, 0.15) is 0 Å². The van der Waals surface area contributed by atoms with Crippen molar-refractivity contribution in [1.29, 1.82) is 0 Å². The van der Waals surface area contributed by atoms with Crippen LogP contribution in [0, 0.1) is 6.92 Å². The number of rotatable bonds is 6. The number of nitrogens with one attached hydrogen (secondary N) is 2. The summed E-state index contributed by atoms with van der Waals surface area (Å²) in [5.41, 5.74) is 6.02. The third kappa shape index (κ3) is 6.72. The molecule has 10 rings (SSSR count). The fraction of sp³-hybridized carbons (Fsp3) is 0.184. The van der Waals surface area contributed by atoms with Crippen molar-refractivity contribution in [2.24, 2.45) is 0 Å². The van der Waals surface area contributed by atoms with E-state index in [2.05, 4.69) is 26.6 Å². The zero-order valence-electron chi connectivity index (χ0n) is 33.4. The second kappa shape index (κ2) is 16.2. The van der Waals surface area contributed by atoms with Gasteiger partial charge in [-0.1, -0.05) is 148 Å². The number of aryl methyl sites for hydroxylation is 1. The van der Waals surface area contributed by atoms with E-state index >= 15 is 0 Å². The van der Waals surface area contributed by atoms with Crippen molar-refractivity contribution in [3.63, 3.8) is 0 Å². The van der Waals surface area contributed by atoms with Gasteiger partial charge in [-0.2, -0.15) is 0 Å². The van der Waals surface area contributed by atoms with E-state index in [4.69, 9.17) is 11.6 Å². The van der Waals surface area contributed by atoms with Crippen molar-refractivity contribution in [3.8, 4) is 0 Å². The maximum atomic E-state index is 13.4. The Labute approximate surface area is 367 Å². The molecular formula is C49H42BrClN6O4. The van der Waals surface area contributed by atoms with Gasteiger partial charge in [-0.15, -0.1) is 0 Å². The van der Waals surface area contributed by atoms with E-state index in [1.54, 1.807) is 21.9 Å². The Morgan fingerprint density at radius 3 is 1.48 bits per heavy atom. The molecule has 6 aromatic rings. The van der Waals surface area contributed by atoms with Gasteiger partial charge in [-0.25, -0.2) is 9.59 Å². The fourth-order valence-corrected chi connectivity index (χ4v) is 9.69.